The van der Waals surface area contributed by atoms with Gasteiger partial charge in [0.25, 0.3) is 0 Å². The van der Waals surface area contributed by atoms with E-state index in [1.807, 2.05) is 6.20 Å². The molecule has 0 bridgehead atoms. The maximum absolute atomic E-state index is 4.55. The van der Waals surface area contributed by atoms with Gasteiger partial charge in [0.05, 0.1) is 5.69 Å². The number of hydrogen-bond acceptors (Lipinski definition) is 1. The Morgan fingerprint density at radius 2 is 1.68 bits per heavy atom. The van der Waals surface area contributed by atoms with Crippen LogP contribution in [0.1, 0.15) is 29.2 Å². The first-order valence-electron chi connectivity index (χ1n) is 7.92. The van der Waals surface area contributed by atoms with E-state index in [0.717, 1.165) is 18.5 Å². The first-order valence-corrected chi connectivity index (χ1v) is 7.92. The quantitative estimate of drug-likeness (QED) is 0.494. The lowest BCUT2D eigenvalue weighted by atomic mass is 10.0. The standard InChI is InChI=1S/C21H19N/c1-3-15-8-9-22-21(11-15)16-5-7-20-18(12-16)13-17-10-14(2)4-6-19(17)20/h4-12H,3,13H2,1-2H3. The highest BCUT2D eigenvalue weighted by atomic mass is 14.7. The molecule has 1 nitrogen and oxygen atoms in total. The fourth-order valence-corrected chi connectivity index (χ4v) is 3.35. The molecule has 0 spiro atoms. The fourth-order valence-electron chi connectivity index (χ4n) is 3.35. The molecule has 3 aromatic rings. The first kappa shape index (κ1) is 13.3. The summed E-state index contributed by atoms with van der Waals surface area (Å²) < 4.78 is 0. The molecule has 0 fully saturated rings. The molecule has 1 aromatic heterocycles. The van der Waals surface area contributed by atoms with Gasteiger partial charge in [0, 0.05) is 11.8 Å². The minimum atomic E-state index is 1.04. The lowest BCUT2D eigenvalue weighted by Crippen LogP contribution is -1.89. The molecule has 4 rings (SSSR count). The summed E-state index contributed by atoms with van der Waals surface area (Å²) >= 11 is 0. The van der Waals surface area contributed by atoms with Crippen LogP contribution < -0.4 is 0 Å². The fraction of sp³-hybridized carbons (Fsp3) is 0.190. The van der Waals surface area contributed by atoms with Crippen LogP contribution in [0.25, 0.3) is 22.4 Å². The molecular formula is C21H19N. The number of rotatable bonds is 2. The van der Waals surface area contributed by atoms with Crippen LogP contribution in [0.2, 0.25) is 0 Å². The average Bonchev–Trinajstić information content (AvgIpc) is 2.91. The molecule has 0 saturated heterocycles. The molecule has 22 heavy (non-hydrogen) atoms. The van der Waals surface area contributed by atoms with E-state index in [2.05, 4.69) is 67.4 Å². The highest BCUT2D eigenvalue weighted by molar-refractivity contribution is 5.80. The van der Waals surface area contributed by atoms with Crippen LogP contribution >= 0.6 is 0 Å². The van der Waals surface area contributed by atoms with E-state index in [4.69, 9.17) is 0 Å². The van der Waals surface area contributed by atoms with E-state index in [-0.39, 0.29) is 0 Å². The summed E-state index contributed by atoms with van der Waals surface area (Å²) in [5.74, 6) is 0. The third-order valence-electron chi connectivity index (χ3n) is 4.57. The van der Waals surface area contributed by atoms with Gasteiger partial charge in [-0.25, -0.2) is 0 Å². The van der Waals surface area contributed by atoms with E-state index in [1.54, 1.807) is 0 Å². The normalized spacial score (nSPS) is 12.1. The molecule has 0 atom stereocenters. The second-order valence-electron chi connectivity index (χ2n) is 6.11. The van der Waals surface area contributed by atoms with Crippen molar-refractivity contribution in [3.05, 3.63) is 77.0 Å². The monoisotopic (exact) mass is 285 g/mol. The highest BCUT2D eigenvalue weighted by Gasteiger charge is 2.18. The summed E-state index contributed by atoms with van der Waals surface area (Å²) in [5.41, 5.74) is 10.6. The van der Waals surface area contributed by atoms with Gasteiger partial charge in [-0.05, 0) is 65.8 Å². The van der Waals surface area contributed by atoms with E-state index < -0.39 is 0 Å². The van der Waals surface area contributed by atoms with E-state index in [1.165, 1.54) is 38.9 Å². The Kier molecular flexibility index (Phi) is 3.07. The van der Waals surface area contributed by atoms with Gasteiger partial charge in [-0.15, -0.1) is 0 Å². The van der Waals surface area contributed by atoms with Gasteiger partial charge in [-0.3, -0.25) is 4.98 Å². The van der Waals surface area contributed by atoms with Crippen LogP contribution in [-0.2, 0) is 12.8 Å². The van der Waals surface area contributed by atoms with E-state index in [9.17, 15) is 0 Å². The summed E-state index contributed by atoms with van der Waals surface area (Å²) in [6.45, 7) is 4.34. The molecule has 0 amide bonds. The smallest absolute Gasteiger partial charge is 0.0704 e. The minimum Gasteiger partial charge on any atom is -0.256 e. The molecule has 0 N–H and O–H groups in total. The molecule has 0 unspecified atom stereocenters. The van der Waals surface area contributed by atoms with E-state index >= 15 is 0 Å². The second kappa shape index (κ2) is 5.10. The Morgan fingerprint density at radius 1 is 0.909 bits per heavy atom. The molecule has 1 aliphatic carbocycles. The predicted octanol–water partition coefficient (Wildman–Crippen LogP) is 5.19. The van der Waals surface area contributed by atoms with Gasteiger partial charge in [-0.1, -0.05) is 42.8 Å². The lowest BCUT2D eigenvalue weighted by molar-refractivity contribution is 1.12. The minimum absolute atomic E-state index is 1.04. The summed E-state index contributed by atoms with van der Waals surface area (Å²) in [4.78, 5) is 4.55. The van der Waals surface area contributed by atoms with Crippen molar-refractivity contribution < 1.29 is 0 Å². The van der Waals surface area contributed by atoms with Gasteiger partial charge >= 0.3 is 0 Å². The zero-order valence-corrected chi connectivity index (χ0v) is 13.1. The summed E-state index contributed by atoms with van der Waals surface area (Å²) in [6, 6.07) is 17.8. The SMILES string of the molecule is CCc1ccnc(-c2ccc3c(c2)Cc2cc(C)ccc2-3)c1. The number of pyridine rings is 1. The Hall–Kier alpha value is -2.41. The largest absolute Gasteiger partial charge is 0.256 e. The first-order chi connectivity index (χ1) is 10.7. The highest BCUT2D eigenvalue weighted by Crippen LogP contribution is 2.38. The number of benzene rings is 2. The van der Waals surface area contributed by atoms with Crippen LogP contribution in [0.4, 0.5) is 0 Å². The third-order valence-corrected chi connectivity index (χ3v) is 4.57. The molecule has 1 heteroatoms. The number of nitrogens with zero attached hydrogens (tertiary/aromatic N) is 1. The van der Waals surface area contributed by atoms with Crippen molar-refractivity contribution in [2.45, 2.75) is 26.7 Å². The number of hydrogen-bond donors (Lipinski definition) is 0. The van der Waals surface area contributed by atoms with Gasteiger partial charge in [-0.2, -0.15) is 0 Å². The maximum atomic E-state index is 4.55. The Balaban J connectivity index is 1.78. The predicted molar refractivity (Wildman–Crippen MR) is 92.0 cm³/mol. The molecule has 2 aromatic carbocycles. The Labute approximate surface area is 131 Å². The van der Waals surface area contributed by atoms with Crippen molar-refractivity contribution >= 4 is 0 Å². The van der Waals surface area contributed by atoms with Crippen molar-refractivity contribution in [2.24, 2.45) is 0 Å². The van der Waals surface area contributed by atoms with Crippen molar-refractivity contribution in [3.8, 4) is 22.4 Å². The van der Waals surface area contributed by atoms with Crippen LogP contribution in [-0.4, -0.2) is 4.98 Å². The second-order valence-corrected chi connectivity index (χ2v) is 6.11. The summed E-state index contributed by atoms with van der Waals surface area (Å²) in [5, 5.41) is 0. The number of fused-ring (bicyclic) bond motifs is 3. The number of aryl methyl sites for hydroxylation is 2. The lowest BCUT2D eigenvalue weighted by Gasteiger charge is -2.06. The van der Waals surface area contributed by atoms with Gasteiger partial charge < -0.3 is 0 Å². The molecular weight excluding hydrogens is 266 g/mol. The number of aromatic nitrogens is 1. The van der Waals surface area contributed by atoms with Gasteiger partial charge in [0.1, 0.15) is 0 Å². The van der Waals surface area contributed by atoms with Gasteiger partial charge in [0.2, 0.25) is 0 Å². The zero-order chi connectivity index (χ0) is 15.1. The molecule has 0 aliphatic heterocycles. The average molecular weight is 285 g/mol. The maximum Gasteiger partial charge on any atom is 0.0704 e. The molecule has 1 heterocycles. The molecule has 0 radical (unpaired) electrons. The van der Waals surface area contributed by atoms with Crippen molar-refractivity contribution in [3.63, 3.8) is 0 Å². The topological polar surface area (TPSA) is 12.9 Å². The summed E-state index contributed by atoms with van der Waals surface area (Å²) in [6.07, 6.45) is 4.00. The Morgan fingerprint density at radius 3 is 2.50 bits per heavy atom. The van der Waals surface area contributed by atoms with Crippen LogP contribution in [0.5, 0.6) is 0 Å². The molecule has 1 aliphatic rings. The van der Waals surface area contributed by atoms with Crippen molar-refractivity contribution in [1.82, 2.24) is 4.98 Å². The van der Waals surface area contributed by atoms with Crippen molar-refractivity contribution in [2.75, 3.05) is 0 Å². The van der Waals surface area contributed by atoms with Crippen molar-refractivity contribution in [1.29, 1.82) is 0 Å². The van der Waals surface area contributed by atoms with E-state index in [0.29, 0.717) is 0 Å². The molecule has 0 saturated carbocycles. The zero-order valence-electron chi connectivity index (χ0n) is 13.1. The molecule has 108 valence electrons. The van der Waals surface area contributed by atoms with Crippen LogP contribution in [0.3, 0.4) is 0 Å². The third kappa shape index (κ3) is 2.14. The van der Waals surface area contributed by atoms with Crippen LogP contribution in [0, 0.1) is 6.92 Å². The van der Waals surface area contributed by atoms with Gasteiger partial charge in [0.15, 0.2) is 0 Å². The van der Waals surface area contributed by atoms with Crippen LogP contribution in [0.15, 0.2) is 54.7 Å². The summed E-state index contributed by atoms with van der Waals surface area (Å²) in [7, 11) is 0. The Bertz CT molecular complexity index is 862.